The average Bonchev–Trinajstić information content (AvgIpc) is 2.89. The third-order valence-electron chi connectivity index (χ3n) is 7.55. The van der Waals surface area contributed by atoms with Crippen LogP contribution in [0.5, 0.6) is 0 Å². The van der Waals surface area contributed by atoms with Crippen molar-refractivity contribution in [2.75, 3.05) is 46.4 Å². The van der Waals surface area contributed by atoms with Crippen LogP contribution in [0, 0.1) is 24.6 Å². The number of carbonyl (C=O) groups excluding carboxylic acids is 2. The van der Waals surface area contributed by atoms with E-state index in [1.807, 2.05) is 29.2 Å². The summed E-state index contributed by atoms with van der Waals surface area (Å²) in [6, 6.07) is 14.1. The standard InChI is InChI=1S/C28H35FN2O4/c1-19-22(9-6-10-25(19)29)26-23(27(33)20-7-4-3-5-8-20)17-30(15-16-35-2)18-24(26)28(34)31-13-11-21(32)12-14-31/h3-10,21,23-24,26,32H,11-18H2,1-2H3/t23-,24+,26+/m0/s1. The van der Waals surface area contributed by atoms with Crippen molar-refractivity contribution in [1.82, 2.24) is 9.80 Å². The summed E-state index contributed by atoms with van der Waals surface area (Å²) in [6.07, 6.45) is 0.696. The van der Waals surface area contributed by atoms with Gasteiger partial charge in [-0.15, -0.1) is 0 Å². The van der Waals surface area contributed by atoms with Gasteiger partial charge in [0.1, 0.15) is 5.82 Å². The molecule has 188 valence electrons. The van der Waals surface area contributed by atoms with Gasteiger partial charge in [0.05, 0.1) is 18.6 Å². The van der Waals surface area contributed by atoms with Crippen molar-refractivity contribution < 1.29 is 23.8 Å². The molecule has 0 radical (unpaired) electrons. The Balaban J connectivity index is 1.77. The summed E-state index contributed by atoms with van der Waals surface area (Å²) in [5.74, 6) is -1.85. The van der Waals surface area contributed by atoms with Crippen molar-refractivity contribution in [1.29, 1.82) is 0 Å². The molecule has 0 aliphatic carbocycles. The molecule has 2 aromatic rings. The van der Waals surface area contributed by atoms with Crippen molar-refractivity contribution in [2.24, 2.45) is 11.8 Å². The quantitative estimate of drug-likeness (QED) is 0.614. The fraction of sp³-hybridized carbons (Fsp3) is 0.500. The molecule has 4 rings (SSSR count). The number of nitrogens with zero attached hydrogens (tertiary/aromatic N) is 2. The van der Waals surface area contributed by atoms with E-state index in [1.54, 1.807) is 32.2 Å². The van der Waals surface area contributed by atoms with Gasteiger partial charge in [-0.1, -0.05) is 42.5 Å². The number of benzene rings is 2. The molecule has 2 aliphatic rings. The molecule has 2 saturated heterocycles. The third kappa shape index (κ3) is 5.63. The van der Waals surface area contributed by atoms with Crippen LogP contribution in [0.2, 0.25) is 0 Å². The largest absolute Gasteiger partial charge is 0.393 e. The molecule has 2 aromatic carbocycles. The molecule has 0 spiro atoms. The molecule has 0 bridgehead atoms. The maximum absolute atomic E-state index is 14.7. The zero-order valence-corrected chi connectivity index (χ0v) is 20.5. The molecule has 1 amide bonds. The van der Waals surface area contributed by atoms with Gasteiger partial charge in [0.15, 0.2) is 5.78 Å². The minimum absolute atomic E-state index is 0.0291. The average molecular weight is 483 g/mol. The van der Waals surface area contributed by atoms with Crippen LogP contribution in [0.25, 0.3) is 0 Å². The predicted molar refractivity (Wildman–Crippen MR) is 132 cm³/mol. The maximum Gasteiger partial charge on any atom is 0.227 e. The molecule has 0 unspecified atom stereocenters. The minimum atomic E-state index is -0.507. The molecule has 35 heavy (non-hydrogen) atoms. The SMILES string of the molecule is COCCN1C[C@H](C(=O)c2ccccc2)[C@@H](c2cccc(F)c2C)[C@H](C(=O)N2CCC(O)CC2)C1. The summed E-state index contributed by atoms with van der Waals surface area (Å²) in [7, 11) is 1.64. The van der Waals surface area contributed by atoms with Crippen LogP contribution < -0.4 is 0 Å². The first-order valence-corrected chi connectivity index (χ1v) is 12.4. The Hall–Kier alpha value is -2.61. The van der Waals surface area contributed by atoms with E-state index in [-0.39, 0.29) is 17.5 Å². The van der Waals surface area contributed by atoms with Gasteiger partial charge in [0.2, 0.25) is 5.91 Å². The summed E-state index contributed by atoms with van der Waals surface area (Å²) in [4.78, 5) is 31.8. The van der Waals surface area contributed by atoms with Crippen LogP contribution in [-0.2, 0) is 9.53 Å². The fourth-order valence-electron chi connectivity index (χ4n) is 5.58. The van der Waals surface area contributed by atoms with Gasteiger partial charge in [0.25, 0.3) is 0 Å². The number of ketones is 1. The number of hydrogen-bond donors (Lipinski definition) is 1. The summed E-state index contributed by atoms with van der Waals surface area (Å²) in [6.45, 7) is 4.74. The highest BCUT2D eigenvalue weighted by Crippen LogP contribution is 2.42. The van der Waals surface area contributed by atoms with Crippen LogP contribution in [0.4, 0.5) is 4.39 Å². The zero-order chi connectivity index (χ0) is 24.9. The summed E-state index contributed by atoms with van der Waals surface area (Å²) in [5, 5.41) is 9.95. The van der Waals surface area contributed by atoms with Crippen LogP contribution >= 0.6 is 0 Å². The Morgan fingerprint density at radius 1 is 1.03 bits per heavy atom. The fourth-order valence-corrected chi connectivity index (χ4v) is 5.58. The lowest BCUT2D eigenvalue weighted by Gasteiger charge is -2.45. The van der Waals surface area contributed by atoms with E-state index in [0.717, 1.165) is 5.56 Å². The topological polar surface area (TPSA) is 70.1 Å². The van der Waals surface area contributed by atoms with E-state index in [1.165, 1.54) is 6.07 Å². The molecule has 7 heteroatoms. The molecule has 1 N–H and O–H groups in total. The Morgan fingerprint density at radius 3 is 2.40 bits per heavy atom. The van der Waals surface area contributed by atoms with Crippen LogP contribution in [0.3, 0.4) is 0 Å². The zero-order valence-electron chi connectivity index (χ0n) is 20.5. The van der Waals surface area contributed by atoms with Crippen LogP contribution in [-0.4, -0.2) is 79.1 Å². The van der Waals surface area contributed by atoms with E-state index in [4.69, 9.17) is 4.74 Å². The number of ether oxygens (including phenoxy) is 1. The number of likely N-dealkylation sites (tertiary alicyclic amines) is 2. The van der Waals surface area contributed by atoms with E-state index < -0.39 is 23.9 Å². The molecule has 6 nitrogen and oxygen atoms in total. The molecule has 2 heterocycles. The number of piperidine rings is 2. The maximum atomic E-state index is 14.7. The molecular formula is C28H35FN2O4. The summed E-state index contributed by atoms with van der Waals surface area (Å²) in [5.41, 5.74) is 1.80. The highest BCUT2D eigenvalue weighted by molar-refractivity contribution is 5.99. The summed E-state index contributed by atoms with van der Waals surface area (Å²) < 4.78 is 20.0. The number of rotatable bonds is 7. The lowest BCUT2D eigenvalue weighted by Crippen LogP contribution is -2.55. The Bertz CT molecular complexity index is 1020. The van der Waals surface area contributed by atoms with Gasteiger partial charge in [-0.2, -0.15) is 0 Å². The first-order chi connectivity index (χ1) is 16.9. The molecule has 2 aliphatic heterocycles. The molecular weight excluding hydrogens is 447 g/mol. The van der Waals surface area contributed by atoms with E-state index >= 15 is 0 Å². The van der Waals surface area contributed by atoms with Gasteiger partial charge >= 0.3 is 0 Å². The molecule has 2 fully saturated rings. The molecule has 0 saturated carbocycles. The van der Waals surface area contributed by atoms with Gasteiger partial charge < -0.3 is 14.7 Å². The number of aliphatic hydroxyl groups excluding tert-OH is 1. The second-order valence-electron chi connectivity index (χ2n) is 9.73. The monoisotopic (exact) mass is 482 g/mol. The van der Waals surface area contributed by atoms with Gasteiger partial charge in [-0.3, -0.25) is 14.5 Å². The third-order valence-corrected chi connectivity index (χ3v) is 7.55. The highest BCUT2D eigenvalue weighted by Gasteiger charge is 2.46. The Morgan fingerprint density at radius 2 is 1.71 bits per heavy atom. The Kier molecular flexibility index (Phi) is 8.31. The lowest BCUT2D eigenvalue weighted by atomic mass is 9.69. The minimum Gasteiger partial charge on any atom is -0.393 e. The van der Waals surface area contributed by atoms with Crippen molar-refractivity contribution >= 4 is 11.7 Å². The van der Waals surface area contributed by atoms with Crippen molar-refractivity contribution in [3.05, 3.63) is 71.0 Å². The number of hydrogen-bond acceptors (Lipinski definition) is 5. The normalized spacial score (nSPS) is 23.9. The number of aliphatic hydroxyl groups is 1. The number of methoxy groups -OCH3 is 1. The van der Waals surface area contributed by atoms with Crippen molar-refractivity contribution in [3.63, 3.8) is 0 Å². The van der Waals surface area contributed by atoms with Crippen molar-refractivity contribution in [3.8, 4) is 0 Å². The molecule has 0 aromatic heterocycles. The van der Waals surface area contributed by atoms with Gasteiger partial charge in [0, 0.05) is 57.2 Å². The second-order valence-corrected chi connectivity index (χ2v) is 9.73. The number of halogens is 1. The summed E-state index contributed by atoms with van der Waals surface area (Å²) >= 11 is 0. The van der Waals surface area contributed by atoms with Crippen molar-refractivity contribution in [2.45, 2.75) is 31.8 Å². The first-order valence-electron chi connectivity index (χ1n) is 12.4. The van der Waals surface area contributed by atoms with Gasteiger partial charge in [-0.05, 0) is 37.0 Å². The smallest absolute Gasteiger partial charge is 0.227 e. The Labute approximate surface area is 206 Å². The number of Topliss-reactive ketones (excluding diaryl/α,β-unsaturated/α-hetero) is 1. The first kappa shape index (κ1) is 25.5. The van der Waals surface area contributed by atoms with Crippen LogP contribution in [0.1, 0.15) is 40.2 Å². The lowest BCUT2D eigenvalue weighted by molar-refractivity contribution is -0.141. The highest BCUT2D eigenvalue weighted by atomic mass is 19.1. The number of carbonyl (C=O) groups is 2. The van der Waals surface area contributed by atoms with E-state index in [0.29, 0.717) is 63.3 Å². The van der Waals surface area contributed by atoms with Crippen LogP contribution in [0.15, 0.2) is 48.5 Å². The molecule has 3 atom stereocenters. The van der Waals surface area contributed by atoms with E-state index in [9.17, 15) is 19.1 Å². The number of amides is 1. The van der Waals surface area contributed by atoms with E-state index in [2.05, 4.69) is 4.90 Å². The second kappa shape index (κ2) is 11.4. The predicted octanol–water partition coefficient (Wildman–Crippen LogP) is 3.28. The van der Waals surface area contributed by atoms with Gasteiger partial charge in [-0.25, -0.2) is 4.39 Å².